The van der Waals surface area contributed by atoms with Gasteiger partial charge in [-0.05, 0) is 0 Å². The van der Waals surface area contributed by atoms with Crippen LogP contribution in [-0.2, 0) is 4.74 Å². The van der Waals surface area contributed by atoms with Crippen molar-refractivity contribution in [1.82, 2.24) is 14.5 Å². The van der Waals surface area contributed by atoms with E-state index in [4.69, 9.17) is 22.0 Å². The maximum atomic E-state index is 12.0. The fourth-order valence-corrected chi connectivity index (χ4v) is 2.55. The van der Waals surface area contributed by atoms with Gasteiger partial charge >= 0.3 is 0 Å². The summed E-state index contributed by atoms with van der Waals surface area (Å²) >= 11 is 0. The van der Waals surface area contributed by atoms with Gasteiger partial charge in [-0.15, -0.1) is 6.42 Å². The van der Waals surface area contributed by atoms with Crippen LogP contribution in [-0.4, -0.2) is 43.6 Å². The summed E-state index contributed by atoms with van der Waals surface area (Å²) in [5, 5.41) is 19.2. The summed E-state index contributed by atoms with van der Waals surface area (Å²) in [6.45, 7) is -0.297. The van der Waals surface area contributed by atoms with Crippen molar-refractivity contribution in [2.75, 3.05) is 12.3 Å². The van der Waals surface area contributed by atoms with Crippen LogP contribution in [0.15, 0.2) is 11.0 Å². The number of hydrogen-bond donors (Lipinski definition) is 4. The van der Waals surface area contributed by atoms with Gasteiger partial charge < -0.3 is 25.3 Å². The molecule has 3 rings (SSSR count). The van der Waals surface area contributed by atoms with Crippen molar-refractivity contribution < 1.29 is 14.9 Å². The lowest BCUT2D eigenvalue weighted by molar-refractivity contribution is -0.0430. The van der Waals surface area contributed by atoms with E-state index in [2.05, 4.69) is 15.9 Å². The topological polar surface area (TPSA) is 126 Å². The predicted octanol–water partition coefficient (Wildman–Crippen LogP) is -1.07. The fourth-order valence-electron chi connectivity index (χ4n) is 2.55. The van der Waals surface area contributed by atoms with Crippen molar-refractivity contribution in [2.24, 2.45) is 0 Å². The molecule has 21 heavy (non-hydrogen) atoms. The van der Waals surface area contributed by atoms with E-state index in [1.807, 2.05) is 0 Å². The standard InChI is InChI=1S/C13H14N4O4/c1-2-6-4-17(9-3-7(19)8(5-18)21-9)11-10(6)12(20)16-13(14)15-11/h1,4,7-9,18-19H,3,5H2,(H3,14,15,16,20)/t7-,8-,9-/m1/s1. The molecule has 0 saturated carbocycles. The van der Waals surface area contributed by atoms with E-state index in [9.17, 15) is 9.90 Å². The minimum absolute atomic E-state index is 0.0346. The summed E-state index contributed by atoms with van der Waals surface area (Å²) in [6.07, 6.45) is 5.17. The number of aliphatic hydroxyl groups excluding tert-OH is 2. The Morgan fingerprint density at radius 3 is 3.05 bits per heavy atom. The molecule has 1 fully saturated rings. The Morgan fingerprint density at radius 2 is 2.43 bits per heavy atom. The molecule has 0 unspecified atom stereocenters. The number of anilines is 1. The highest BCUT2D eigenvalue weighted by Crippen LogP contribution is 2.31. The molecular formula is C13H14N4O4. The second kappa shape index (κ2) is 4.89. The monoisotopic (exact) mass is 290 g/mol. The molecule has 110 valence electrons. The molecule has 3 heterocycles. The van der Waals surface area contributed by atoms with Gasteiger partial charge in [-0.25, -0.2) is 0 Å². The number of ether oxygens (including phenoxy) is 1. The Morgan fingerprint density at radius 1 is 1.67 bits per heavy atom. The summed E-state index contributed by atoms with van der Waals surface area (Å²) < 4.78 is 7.12. The Bertz CT molecular complexity index is 788. The van der Waals surface area contributed by atoms with Gasteiger partial charge in [-0.2, -0.15) is 4.98 Å². The first-order valence-electron chi connectivity index (χ1n) is 6.36. The van der Waals surface area contributed by atoms with Gasteiger partial charge in [0.25, 0.3) is 5.56 Å². The van der Waals surface area contributed by atoms with Crippen LogP contribution in [0, 0.1) is 12.3 Å². The number of H-pyrrole nitrogens is 1. The largest absolute Gasteiger partial charge is 0.394 e. The number of fused-ring (bicyclic) bond motifs is 1. The number of nitrogen functional groups attached to an aromatic ring is 1. The first-order chi connectivity index (χ1) is 10.0. The molecule has 0 spiro atoms. The van der Waals surface area contributed by atoms with E-state index in [1.54, 1.807) is 10.8 Å². The van der Waals surface area contributed by atoms with E-state index in [1.165, 1.54) is 0 Å². The molecule has 5 N–H and O–H groups in total. The summed E-state index contributed by atoms with van der Waals surface area (Å²) in [5.74, 6) is 2.39. The van der Waals surface area contributed by atoms with Crippen LogP contribution in [0.3, 0.4) is 0 Å². The molecule has 0 radical (unpaired) electrons. The number of nitrogens with two attached hydrogens (primary N) is 1. The van der Waals surface area contributed by atoms with Crippen molar-refractivity contribution in [2.45, 2.75) is 24.9 Å². The van der Waals surface area contributed by atoms with E-state index >= 15 is 0 Å². The highest BCUT2D eigenvalue weighted by atomic mass is 16.5. The number of hydrogen-bond acceptors (Lipinski definition) is 6. The molecule has 2 aromatic rings. The van der Waals surface area contributed by atoms with Crippen molar-refractivity contribution in [3.8, 4) is 12.3 Å². The SMILES string of the molecule is C#Cc1cn([C@H]2C[C@@H](O)[C@@H](CO)O2)c2nc(N)[nH]c(=O)c12. The molecule has 1 aliphatic heterocycles. The molecule has 0 bridgehead atoms. The highest BCUT2D eigenvalue weighted by Gasteiger charge is 2.35. The van der Waals surface area contributed by atoms with Gasteiger partial charge in [0.15, 0.2) is 5.65 Å². The maximum Gasteiger partial charge on any atom is 0.263 e. The molecule has 3 atom stereocenters. The lowest BCUT2D eigenvalue weighted by atomic mass is 10.2. The van der Waals surface area contributed by atoms with Crippen LogP contribution in [0.5, 0.6) is 0 Å². The summed E-state index contributed by atoms with van der Waals surface area (Å²) in [6, 6.07) is 0. The molecule has 1 saturated heterocycles. The van der Waals surface area contributed by atoms with Gasteiger partial charge in [0, 0.05) is 12.6 Å². The lowest BCUT2D eigenvalue weighted by Crippen LogP contribution is -2.24. The maximum absolute atomic E-state index is 12.0. The zero-order chi connectivity index (χ0) is 15.1. The molecule has 8 heteroatoms. The smallest absolute Gasteiger partial charge is 0.263 e. The second-order valence-corrected chi connectivity index (χ2v) is 4.86. The Hall–Kier alpha value is -2.34. The second-order valence-electron chi connectivity index (χ2n) is 4.86. The Balaban J connectivity index is 2.16. The summed E-state index contributed by atoms with van der Waals surface area (Å²) in [7, 11) is 0. The number of rotatable bonds is 2. The molecule has 0 amide bonds. The van der Waals surface area contributed by atoms with Crippen molar-refractivity contribution in [3.05, 3.63) is 22.1 Å². The molecule has 0 aromatic carbocycles. The number of aromatic nitrogens is 3. The van der Waals surface area contributed by atoms with Gasteiger partial charge in [-0.3, -0.25) is 9.78 Å². The predicted molar refractivity (Wildman–Crippen MR) is 74.3 cm³/mol. The normalized spacial score (nSPS) is 25.3. The van der Waals surface area contributed by atoms with Gasteiger partial charge in [0.05, 0.1) is 23.7 Å². The molecule has 1 aliphatic rings. The number of nitrogens with one attached hydrogen (secondary N) is 1. The van der Waals surface area contributed by atoms with E-state index < -0.39 is 24.0 Å². The van der Waals surface area contributed by atoms with Crippen molar-refractivity contribution in [1.29, 1.82) is 0 Å². The third kappa shape index (κ3) is 2.08. The van der Waals surface area contributed by atoms with Crippen LogP contribution in [0.1, 0.15) is 18.2 Å². The van der Waals surface area contributed by atoms with Crippen LogP contribution in [0.2, 0.25) is 0 Å². The third-order valence-electron chi connectivity index (χ3n) is 3.55. The highest BCUT2D eigenvalue weighted by molar-refractivity contribution is 5.83. The van der Waals surface area contributed by atoms with E-state index in [0.717, 1.165) is 0 Å². The first kappa shape index (κ1) is 13.6. The molecular weight excluding hydrogens is 276 g/mol. The number of nitrogens with zero attached hydrogens (tertiary/aromatic N) is 2. The minimum Gasteiger partial charge on any atom is -0.394 e. The van der Waals surface area contributed by atoms with Gasteiger partial charge in [0.1, 0.15) is 12.3 Å². The average molecular weight is 290 g/mol. The zero-order valence-corrected chi connectivity index (χ0v) is 11.0. The number of aromatic amines is 1. The summed E-state index contributed by atoms with van der Waals surface area (Å²) in [4.78, 5) is 18.5. The molecule has 8 nitrogen and oxygen atoms in total. The number of aliphatic hydroxyl groups is 2. The fraction of sp³-hybridized carbons (Fsp3) is 0.385. The third-order valence-corrected chi connectivity index (χ3v) is 3.55. The van der Waals surface area contributed by atoms with Crippen LogP contribution in [0.25, 0.3) is 11.0 Å². The van der Waals surface area contributed by atoms with Crippen molar-refractivity contribution in [3.63, 3.8) is 0 Å². The minimum atomic E-state index is -0.800. The number of terminal acetylenes is 1. The zero-order valence-electron chi connectivity index (χ0n) is 11.0. The van der Waals surface area contributed by atoms with Gasteiger partial charge in [-0.1, -0.05) is 5.92 Å². The molecule has 0 aliphatic carbocycles. The van der Waals surface area contributed by atoms with Crippen LogP contribution < -0.4 is 11.3 Å². The Labute approximate surface area is 119 Å². The Kier molecular flexibility index (Phi) is 3.17. The van der Waals surface area contributed by atoms with Crippen molar-refractivity contribution >= 4 is 17.0 Å². The van der Waals surface area contributed by atoms with E-state index in [0.29, 0.717) is 11.2 Å². The van der Waals surface area contributed by atoms with E-state index in [-0.39, 0.29) is 24.4 Å². The molecule has 2 aromatic heterocycles. The summed E-state index contributed by atoms with van der Waals surface area (Å²) in [5.41, 5.74) is 5.79. The van der Waals surface area contributed by atoms with Gasteiger partial charge in [0.2, 0.25) is 5.95 Å². The average Bonchev–Trinajstić information content (AvgIpc) is 2.98. The first-order valence-corrected chi connectivity index (χ1v) is 6.36. The lowest BCUT2D eigenvalue weighted by Gasteiger charge is -2.14. The van der Waals surface area contributed by atoms with Crippen LogP contribution in [0.4, 0.5) is 5.95 Å². The quantitative estimate of drug-likeness (QED) is 0.522. The van der Waals surface area contributed by atoms with Crippen LogP contribution >= 0.6 is 0 Å².